The Morgan fingerprint density at radius 2 is 1.90 bits per heavy atom. The maximum atomic E-state index is 6.51. The molecule has 2 rings (SSSR count). The lowest BCUT2D eigenvalue weighted by Gasteiger charge is -2.26. The van der Waals surface area contributed by atoms with E-state index in [4.69, 9.17) is 27.9 Å². The second-order valence-electron chi connectivity index (χ2n) is 5.71. The minimum Gasteiger partial charge on any atom is -0.492 e. The molecule has 4 heteroatoms. The van der Waals surface area contributed by atoms with Crippen molar-refractivity contribution in [2.24, 2.45) is 5.92 Å². The van der Waals surface area contributed by atoms with Gasteiger partial charge in [0.15, 0.2) is 0 Å². The molecular weight excluding hydrogens is 305 g/mol. The van der Waals surface area contributed by atoms with Crippen LogP contribution < -0.4 is 10.1 Å². The average molecular weight is 330 g/mol. The van der Waals surface area contributed by atoms with Crippen molar-refractivity contribution in [1.82, 2.24) is 5.32 Å². The minimum absolute atomic E-state index is 0.299. The predicted molar refractivity (Wildman–Crippen MR) is 90.6 cm³/mol. The summed E-state index contributed by atoms with van der Waals surface area (Å²) in [4.78, 5) is 0. The fourth-order valence-electron chi connectivity index (χ4n) is 3.17. The molecule has 0 heterocycles. The summed E-state index contributed by atoms with van der Waals surface area (Å²) in [5.41, 5.74) is 1.12. The number of benzene rings is 1. The highest BCUT2D eigenvalue weighted by Crippen LogP contribution is 2.41. The normalized spacial score (nSPS) is 17.1. The van der Waals surface area contributed by atoms with Crippen LogP contribution in [0.15, 0.2) is 12.1 Å². The van der Waals surface area contributed by atoms with Gasteiger partial charge in [-0.05, 0) is 50.3 Å². The molecule has 1 N–H and O–H groups in total. The number of rotatable bonds is 7. The Kier molecular flexibility index (Phi) is 6.66. The molecule has 1 saturated carbocycles. The van der Waals surface area contributed by atoms with E-state index in [1.807, 2.05) is 19.1 Å². The van der Waals surface area contributed by atoms with Crippen molar-refractivity contribution in [3.05, 3.63) is 27.7 Å². The minimum atomic E-state index is 0.299. The van der Waals surface area contributed by atoms with Gasteiger partial charge in [-0.15, -0.1) is 0 Å². The van der Waals surface area contributed by atoms with Gasteiger partial charge in [0.05, 0.1) is 11.6 Å². The first-order valence-corrected chi connectivity index (χ1v) is 8.78. The van der Waals surface area contributed by atoms with E-state index in [1.54, 1.807) is 0 Å². The largest absolute Gasteiger partial charge is 0.492 e. The van der Waals surface area contributed by atoms with Crippen molar-refractivity contribution >= 4 is 23.2 Å². The quantitative estimate of drug-likeness (QED) is 0.700. The van der Waals surface area contributed by atoms with Crippen LogP contribution in [0.2, 0.25) is 10.0 Å². The molecule has 1 aromatic carbocycles. The molecular formula is C17H25Cl2NO. The summed E-state index contributed by atoms with van der Waals surface area (Å²) in [6.45, 7) is 5.73. The highest BCUT2D eigenvalue weighted by molar-refractivity contribution is 6.34. The second kappa shape index (κ2) is 8.26. The van der Waals surface area contributed by atoms with Crippen LogP contribution in [0.3, 0.4) is 0 Å². The van der Waals surface area contributed by atoms with E-state index in [2.05, 4.69) is 12.2 Å². The van der Waals surface area contributed by atoms with Gasteiger partial charge in [-0.2, -0.15) is 0 Å². The zero-order chi connectivity index (χ0) is 15.2. The van der Waals surface area contributed by atoms with E-state index in [0.717, 1.165) is 23.6 Å². The van der Waals surface area contributed by atoms with Crippen LogP contribution >= 0.6 is 23.2 Å². The third kappa shape index (κ3) is 4.28. The third-order valence-corrected chi connectivity index (χ3v) is 4.79. The molecule has 0 radical (unpaired) electrons. The standard InChI is InChI=1S/C17H25Cl2NO/c1-3-9-20-17(12-7-5-6-8-12)13-10-15(19)16(21-4-2)11-14(13)18/h10-12,17,20H,3-9H2,1-2H3. The van der Waals surface area contributed by atoms with Crippen LogP contribution in [0.5, 0.6) is 5.75 Å². The van der Waals surface area contributed by atoms with Crippen molar-refractivity contribution in [3.8, 4) is 5.75 Å². The van der Waals surface area contributed by atoms with Crippen LogP contribution in [0.25, 0.3) is 0 Å². The maximum Gasteiger partial charge on any atom is 0.139 e. The molecule has 0 amide bonds. The van der Waals surface area contributed by atoms with Gasteiger partial charge < -0.3 is 10.1 Å². The number of hydrogen-bond donors (Lipinski definition) is 1. The Bertz CT molecular complexity index is 458. The van der Waals surface area contributed by atoms with Crippen LogP contribution in [0.4, 0.5) is 0 Å². The van der Waals surface area contributed by atoms with E-state index in [9.17, 15) is 0 Å². The number of halogens is 2. The summed E-state index contributed by atoms with van der Waals surface area (Å²) >= 11 is 12.9. The molecule has 0 bridgehead atoms. The van der Waals surface area contributed by atoms with Crippen LogP contribution in [0.1, 0.15) is 57.6 Å². The van der Waals surface area contributed by atoms with Gasteiger partial charge in [-0.1, -0.05) is 43.0 Å². The topological polar surface area (TPSA) is 21.3 Å². The molecule has 21 heavy (non-hydrogen) atoms. The lowest BCUT2D eigenvalue weighted by molar-refractivity contribution is 0.339. The lowest BCUT2D eigenvalue weighted by atomic mass is 9.91. The maximum absolute atomic E-state index is 6.51. The predicted octanol–water partition coefficient (Wildman–Crippen LogP) is 5.62. The Morgan fingerprint density at radius 1 is 1.19 bits per heavy atom. The van der Waals surface area contributed by atoms with Gasteiger partial charge in [-0.25, -0.2) is 0 Å². The summed E-state index contributed by atoms with van der Waals surface area (Å²) in [6.07, 6.45) is 6.28. The summed E-state index contributed by atoms with van der Waals surface area (Å²) < 4.78 is 5.52. The molecule has 1 atom stereocenters. The first kappa shape index (κ1) is 16.9. The summed E-state index contributed by atoms with van der Waals surface area (Å²) in [5, 5.41) is 5.07. The van der Waals surface area contributed by atoms with E-state index in [0.29, 0.717) is 29.3 Å². The number of hydrogen-bond acceptors (Lipinski definition) is 2. The molecule has 118 valence electrons. The summed E-state index contributed by atoms with van der Waals surface area (Å²) in [7, 11) is 0. The zero-order valence-corrected chi connectivity index (χ0v) is 14.4. The average Bonchev–Trinajstić information content (AvgIpc) is 2.98. The molecule has 1 aliphatic carbocycles. The van der Waals surface area contributed by atoms with Gasteiger partial charge in [0.2, 0.25) is 0 Å². The SMILES string of the molecule is CCCNC(c1cc(Cl)c(OCC)cc1Cl)C1CCCC1. The molecule has 1 fully saturated rings. The highest BCUT2D eigenvalue weighted by atomic mass is 35.5. The zero-order valence-electron chi connectivity index (χ0n) is 12.9. The number of nitrogens with one attached hydrogen (secondary N) is 1. The molecule has 2 nitrogen and oxygen atoms in total. The molecule has 0 spiro atoms. The van der Waals surface area contributed by atoms with E-state index in [-0.39, 0.29) is 0 Å². The van der Waals surface area contributed by atoms with Crippen molar-refractivity contribution in [1.29, 1.82) is 0 Å². The summed E-state index contributed by atoms with van der Waals surface area (Å²) in [5.74, 6) is 1.33. The van der Waals surface area contributed by atoms with Gasteiger partial charge in [0, 0.05) is 17.1 Å². The molecule has 0 aliphatic heterocycles. The monoisotopic (exact) mass is 329 g/mol. The lowest BCUT2D eigenvalue weighted by Crippen LogP contribution is -2.28. The van der Waals surface area contributed by atoms with E-state index >= 15 is 0 Å². The molecule has 1 aliphatic rings. The Labute approximate surface area is 138 Å². The van der Waals surface area contributed by atoms with Crippen LogP contribution in [-0.2, 0) is 0 Å². The van der Waals surface area contributed by atoms with Crippen molar-refractivity contribution < 1.29 is 4.74 Å². The van der Waals surface area contributed by atoms with E-state index < -0.39 is 0 Å². The fourth-order valence-corrected chi connectivity index (χ4v) is 3.67. The van der Waals surface area contributed by atoms with Gasteiger partial charge in [0.1, 0.15) is 5.75 Å². The van der Waals surface area contributed by atoms with E-state index in [1.165, 1.54) is 25.7 Å². The van der Waals surface area contributed by atoms with Crippen molar-refractivity contribution in [3.63, 3.8) is 0 Å². The molecule has 1 unspecified atom stereocenters. The first-order chi connectivity index (χ1) is 10.2. The number of ether oxygens (including phenoxy) is 1. The fraction of sp³-hybridized carbons (Fsp3) is 0.647. The summed E-state index contributed by atoms with van der Waals surface area (Å²) in [6, 6.07) is 4.15. The smallest absolute Gasteiger partial charge is 0.139 e. The Hall–Kier alpha value is -0.440. The van der Waals surface area contributed by atoms with Crippen LogP contribution in [0, 0.1) is 5.92 Å². The molecule has 0 saturated heterocycles. The third-order valence-electron chi connectivity index (χ3n) is 4.17. The van der Waals surface area contributed by atoms with Crippen LogP contribution in [-0.4, -0.2) is 13.2 Å². The Morgan fingerprint density at radius 3 is 2.52 bits per heavy atom. The second-order valence-corrected chi connectivity index (χ2v) is 6.53. The van der Waals surface area contributed by atoms with Gasteiger partial charge in [0.25, 0.3) is 0 Å². The highest BCUT2D eigenvalue weighted by Gasteiger charge is 2.28. The van der Waals surface area contributed by atoms with Gasteiger partial charge in [-0.3, -0.25) is 0 Å². The Balaban J connectivity index is 2.27. The molecule has 0 aromatic heterocycles. The van der Waals surface area contributed by atoms with Crippen molar-refractivity contribution in [2.75, 3.05) is 13.2 Å². The van der Waals surface area contributed by atoms with Gasteiger partial charge >= 0.3 is 0 Å². The molecule has 1 aromatic rings. The first-order valence-electron chi connectivity index (χ1n) is 8.02. The van der Waals surface area contributed by atoms with Crippen molar-refractivity contribution in [2.45, 2.75) is 52.0 Å².